The molecule has 2 aliphatic rings. The molecule has 1 saturated heterocycles. The van der Waals surface area contributed by atoms with Gasteiger partial charge in [-0.2, -0.15) is 0 Å². The number of rotatable bonds is 5. The van der Waals surface area contributed by atoms with E-state index in [1.165, 1.54) is 0 Å². The summed E-state index contributed by atoms with van der Waals surface area (Å²) in [6.07, 6.45) is 6.28. The van der Waals surface area contributed by atoms with E-state index in [9.17, 15) is 9.59 Å². The molecule has 1 saturated carbocycles. The third kappa shape index (κ3) is 2.95. The van der Waals surface area contributed by atoms with Gasteiger partial charge in [0.25, 0.3) is 0 Å². The predicted molar refractivity (Wildman–Crippen MR) is 83.8 cm³/mol. The van der Waals surface area contributed by atoms with Gasteiger partial charge in [0.15, 0.2) is 0 Å². The lowest BCUT2D eigenvalue weighted by atomic mass is 9.86. The molecule has 1 heterocycles. The highest BCUT2D eigenvalue weighted by Crippen LogP contribution is 2.37. The number of nitrogens with zero attached hydrogens (tertiary/aromatic N) is 1. The quantitative estimate of drug-likeness (QED) is 0.847. The van der Waals surface area contributed by atoms with E-state index in [0.29, 0.717) is 5.92 Å². The number of hydrogen-bond acceptors (Lipinski definition) is 2. The van der Waals surface area contributed by atoms with Crippen LogP contribution in [0.25, 0.3) is 0 Å². The lowest BCUT2D eigenvalue weighted by Gasteiger charge is -2.48. The summed E-state index contributed by atoms with van der Waals surface area (Å²) in [6.45, 7) is 8.45. The molecule has 2 rings (SSSR count). The van der Waals surface area contributed by atoms with Gasteiger partial charge in [0.1, 0.15) is 11.6 Å². The molecule has 4 heteroatoms. The Hall–Kier alpha value is -1.06. The second-order valence-corrected chi connectivity index (χ2v) is 7.11. The molecule has 0 radical (unpaired) electrons. The molecule has 2 fully saturated rings. The van der Waals surface area contributed by atoms with Crippen molar-refractivity contribution in [2.45, 2.75) is 90.3 Å². The summed E-state index contributed by atoms with van der Waals surface area (Å²) in [4.78, 5) is 27.8. The minimum Gasteiger partial charge on any atom is -0.340 e. The van der Waals surface area contributed by atoms with Gasteiger partial charge in [-0.3, -0.25) is 9.59 Å². The van der Waals surface area contributed by atoms with Crippen LogP contribution in [0.5, 0.6) is 0 Å². The monoisotopic (exact) mass is 294 g/mol. The molecule has 1 atom stereocenters. The highest BCUT2D eigenvalue weighted by Gasteiger charge is 2.53. The van der Waals surface area contributed by atoms with Crippen molar-refractivity contribution in [3.8, 4) is 0 Å². The van der Waals surface area contributed by atoms with E-state index in [2.05, 4.69) is 33.0 Å². The fourth-order valence-electron chi connectivity index (χ4n) is 3.97. The number of hydrogen-bond donors (Lipinski definition) is 1. The second kappa shape index (κ2) is 6.37. The van der Waals surface area contributed by atoms with Crippen molar-refractivity contribution >= 4 is 11.8 Å². The van der Waals surface area contributed by atoms with Crippen molar-refractivity contribution in [2.75, 3.05) is 0 Å². The molecule has 1 N–H and O–H groups in total. The van der Waals surface area contributed by atoms with Crippen molar-refractivity contribution in [1.29, 1.82) is 0 Å². The Labute approximate surface area is 128 Å². The van der Waals surface area contributed by atoms with Crippen LogP contribution in [0.2, 0.25) is 0 Å². The van der Waals surface area contributed by atoms with Gasteiger partial charge in [-0.1, -0.05) is 40.5 Å². The van der Waals surface area contributed by atoms with E-state index in [4.69, 9.17) is 0 Å². The molecule has 1 unspecified atom stereocenters. The van der Waals surface area contributed by atoms with Gasteiger partial charge < -0.3 is 10.2 Å². The maximum Gasteiger partial charge on any atom is 0.249 e. The molecule has 21 heavy (non-hydrogen) atoms. The number of piperazine rings is 1. The maximum absolute atomic E-state index is 13.2. The first-order valence-corrected chi connectivity index (χ1v) is 8.60. The van der Waals surface area contributed by atoms with E-state index in [-0.39, 0.29) is 23.9 Å². The lowest BCUT2D eigenvalue weighted by Crippen LogP contribution is -2.71. The molecular formula is C17H30N2O2. The Morgan fingerprint density at radius 2 is 1.76 bits per heavy atom. The van der Waals surface area contributed by atoms with Crippen LogP contribution in [-0.2, 0) is 9.59 Å². The van der Waals surface area contributed by atoms with E-state index < -0.39 is 5.54 Å². The third-order valence-electron chi connectivity index (χ3n) is 5.13. The second-order valence-electron chi connectivity index (χ2n) is 7.11. The SMILES string of the molecule is CCC(CC)N1C(=O)C2(CCCC2)NC(=O)C1CC(C)C. The largest absolute Gasteiger partial charge is 0.340 e. The Morgan fingerprint density at radius 3 is 2.24 bits per heavy atom. The molecule has 2 amide bonds. The Morgan fingerprint density at radius 1 is 1.19 bits per heavy atom. The zero-order valence-electron chi connectivity index (χ0n) is 13.9. The first-order valence-electron chi connectivity index (χ1n) is 8.60. The van der Waals surface area contributed by atoms with E-state index in [1.54, 1.807) is 0 Å². The van der Waals surface area contributed by atoms with Gasteiger partial charge in [-0.05, 0) is 38.0 Å². The van der Waals surface area contributed by atoms with Crippen LogP contribution in [0.15, 0.2) is 0 Å². The fourth-order valence-corrected chi connectivity index (χ4v) is 3.97. The molecule has 1 spiro atoms. The van der Waals surface area contributed by atoms with E-state index in [1.807, 2.05) is 4.90 Å². The highest BCUT2D eigenvalue weighted by atomic mass is 16.2. The van der Waals surface area contributed by atoms with Crippen molar-refractivity contribution in [3.05, 3.63) is 0 Å². The summed E-state index contributed by atoms with van der Waals surface area (Å²) in [5.74, 6) is 0.652. The zero-order valence-corrected chi connectivity index (χ0v) is 13.9. The van der Waals surface area contributed by atoms with Gasteiger partial charge in [0.2, 0.25) is 11.8 Å². The van der Waals surface area contributed by atoms with Crippen LogP contribution in [0.1, 0.15) is 72.6 Å². The lowest BCUT2D eigenvalue weighted by molar-refractivity contribution is -0.158. The van der Waals surface area contributed by atoms with Gasteiger partial charge in [0, 0.05) is 6.04 Å². The predicted octanol–water partition coefficient (Wildman–Crippen LogP) is 2.86. The van der Waals surface area contributed by atoms with Crippen molar-refractivity contribution < 1.29 is 9.59 Å². The van der Waals surface area contributed by atoms with Gasteiger partial charge >= 0.3 is 0 Å². The third-order valence-corrected chi connectivity index (χ3v) is 5.13. The summed E-state index contributed by atoms with van der Waals surface area (Å²) in [6, 6.07) is -0.0987. The Balaban J connectivity index is 2.33. The molecule has 0 aromatic rings. The number of carbonyl (C=O) groups is 2. The smallest absolute Gasteiger partial charge is 0.249 e. The molecule has 1 aliphatic heterocycles. The van der Waals surface area contributed by atoms with E-state index >= 15 is 0 Å². The normalized spacial score (nSPS) is 25.2. The molecule has 0 bridgehead atoms. The number of carbonyl (C=O) groups excluding carboxylic acids is 2. The van der Waals surface area contributed by atoms with Crippen LogP contribution in [0.4, 0.5) is 0 Å². The van der Waals surface area contributed by atoms with Crippen molar-refractivity contribution in [3.63, 3.8) is 0 Å². The van der Waals surface area contributed by atoms with Crippen molar-refractivity contribution in [2.24, 2.45) is 5.92 Å². The zero-order chi connectivity index (χ0) is 15.6. The summed E-state index contributed by atoms with van der Waals surface area (Å²) < 4.78 is 0. The van der Waals surface area contributed by atoms with Crippen LogP contribution in [0.3, 0.4) is 0 Å². The minimum absolute atomic E-state index is 0.0668. The first-order chi connectivity index (χ1) is 9.95. The fraction of sp³-hybridized carbons (Fsp3) is 0.882. The molecule has 0 aromatic heterocycles. The summed E-state index contributed by atoms with van der Waals surface area (Å²) >= 11 is 0. The summed E-state index contributed by atoms with van der Waals surface area (Å²) in [5, 5.41) is 3.10. The van der Waals surface area contributed by atoms with E-state index in [0.717, 1.165) is 44.9 Å². The van der Waals surface area contributed by atoms with Gasteiger partial charge in [-0.25, -0.2) is 0 Å². The summed E-state index contributed by atoms with van der Waals surface area (Å²) in [7, 11) is 0. The molecule has 1 aliphatic carbocycles. The Kier molecular flexibility index (Phi) is 4.95. The Bertz CT molecular complexity index is 396. The first kappa shape index (κ1) is 16.3. The van der Waals surface area contributed by atoms with Crippen LogP contribution >= 0.6 is 0 Å². The maximum atomic E-state index is 13.2. The number of amides is 2. The van der Waals surface area contributed by atoms with Crippen LogP contribution < -0.4 is 5.32 Å². The molecule has 0 aromatic carbocycles. The molecule has 120 valence electrons. The van der Waals surface area contributed by atoms with Gasteiger partial charge in [-0.15, -0.1) is 0 Å². The van der Waals surface area contributed by atoms with Crippen LogP contribution in [-0.4, -0.2) is 34.3 Å². The number of nitrogens with one attached hydrogen (secondary N) is 1. The standard InChI is InChI=1S/C17H30N2O2/c1-5-13(6-2)19-14(11-12(3)4)15(20)18-17(16(19)21)9-7-8-10-17/h12-14H,5-11H2,1-4H3,(H,18,20). The minimum atomic E-state index is -0.590. The van der Waals surface area contributed by atoms with Crippen molar-refractivity contribution in [1.82, 2.24) is 10.2 Å². The topological polar surface area (TPSA) is 49.4 Å². The van der Waals surface area contributed by atoms with Gasteiger partial charge in [0.05, 0.1) is 0 Å². The average Bonchev–Trinajstić information content (AvgIpc) is 2.89. The molecule has 4 nitrogen and oxygen atoms in total. The summed E-state index contributed by atoms with van der Waals surface area (Å²) in [5.41, 5.74) is -0.590. The molecular weight excluding hydrogens is 264 g/mol. The average molecular weight is 294 g/mol. The highest BCUT2D eigenvalue weighted by molar-refractivity contribution is 6.00. The van der Waals surface area contributed by atoms with Crippen LogP contribution in [0, 0.1) is 5.92 Å².